The first-order valence-corrected chi connectivity index (χ1v) is 6.57. The van der Waals surface area contributed by atoms with Crippen molar-refractivity contribution in [3.05, 3.63) is 16.7 Å². The molecular formula is C11H14ClN3S. The van der Waals surface area contributed by atoms with Crippen LogP contribution >= 0.6 is 22.9 Å². The van der Waals surface area contributed by atoms with Crippen LogP contribution < -0.4 is 5.32 Å². The Morgan fingerprint density at radius 3 is 3.00 bits per heavy atom. The number of thiophene rings is 1. The summed E-state index contributed by atoms with van der Waals surface area (Å²) in [6.45, 7) is 5.32. The van der Waals surface area contributed by atoms with Crippen LogP contribution in [0, 0.1) is 5.92 Å². The van der Waals surface area contributed by atoms with Crippen LogP contribution in [0.15, 0.2) is 11.4 Å². The van der Waals surface area contributed by atoms with Crippen LogP contribution in [0.1, 0.15) is 20.3 Å². The van der Waals surface area contributed by atoms with Crippen LogP contribution in [-0.2, 0) is 0 Å². The number of aromatic nitrogens is 2. The molecule has 0 aliphatic heterocycles. The first kappa shape index (κ1) is 11.6. The molecule has 0 atom stereocenters. The van der Waals surface area contributed by atoms with Crippen molar-refractivity contribution >= 4 is 39.0 Å². The van der Waals surface area contributed by atoms with E-state index >= 15 is 0 Å². The molecule has 86 valence electrons. The van der Waals surface area contributed by atoms with Gasteiger partial charge < -0.3 is 5.32 Å². The summed E-state index contributed by atoms with van der Waals surface area (Å²) in [5.41, 5.74) is 0. The van der Waals surface area contributed by atoms with Crippen LogP contribution in [0.4, 0.5) is 5.82 Å². The second kappa shape index (κ2) is 4.97. The van der Waals surface area contributed by atoms with Crippen molar-refractivity contribution in [2.75, 3.05) is 11.9 Å². The van der Waals surface area contributed by atoms with Crippen molar-refractivity contribution in [3.63, 3.8) is 0 Å². The minimum atomic E-state index is 0.307. The van der Waals surface area contributed by atoms with Gasteiger partial charge >= 0.3 is 0 Å². The van der Waals surface area contributed by atoms with Gasteiger partial charge in [-0.25, -0.2) is 9.97 Å². The van der Waals surface area contributed by atoms with Gasteiger partial charge in [-0.15, -0.1) is 11.3 Å². The number of nitrogens with zero attached hydrogens (tertiary/aromatic N) is 2. The molecule has 2 aromatic heterocycles. The SMILES string of the molecule is CC(C)CCNc1nc(Cl)nc2sccc12. The first-order chi connectivity index (χ1) is 7.66. The van der Waals surface area contributed by atoms with Crippen LogP contribution in [-0.4, -0.2) is 16.5 Å². The Morgan fingerprint density at radius 1 is 1.44 bits per heavy atom. The summed E-state index contributed by atoms with van der Waals surface area (Å²) in [7, 11) is 0. The third-order valence-corrected chi connectivity index (χ3v) is 3.29. The van der Waals surface area contributed by atoms with E-state index in [4.69, 9.17) is 11.6 Å². The number of anilines is 1. The third kappa shape index (κ3) is 2.62. The fourth-order valence-corrected chi connectivity index (χ4v) is 2.43. The molecule has 5 heteroatoms. The van der Waals surface area contributed by atoms with Gasteiger partial charge in [0.2, 0.25) is 5.28 Å². The molecule has 0 radical (unpaired) electrons. The lowest BCUT2D eigenvalue weighted by molar-refractivity contribution is 0.607. The smallest absolute Gasteiger partial charge is 0.225 e. The van der Waals surface area contributed by atoms with Gasteiger partial charge in [0.05, 0.1) is 5.39 Å². The van der Waals surface area contributed by atoms with Gasteiger partial charge in [-0.05, 0) is 35.4 Å². The van der Waals surface area contributed by atoms with Crippen LogP contribution in [0.5, 0.6) is 0 Å². The maximum absolute atomic E-state index is 5.87. The summed E-state index contributed by atoms with van der Waals surface area (Å²) < 4.78 is 0. The van der Waals surface area contributed by atoms with E-state index in [2.05, 4.69) is 29.1 Å². The van der Waals surface area contributed by atoms with Crippen LogP contribution in [0.3, 0.4) is 0 Å². The second-order valence-electron chi connectivity index (χ2n) is 4.09. The number of halogens is 1. The Balaban J connectivity index is 2.19. The summed E-state index contributed by atoms with van der Waals surface area (Å²) in [5, 5.41) is 6.68. The van der Waals surface area contributed by atoms with Gasteiger partial charge in [0, 0.05) is 6.54 Å². The average Bonchev–Trinajstić information content (AvgIpc) is 2.64. The van der Waals surface area contributed by atoms with Crippen molar-refractivity contribution in [2.45, 2.75) is 20.3 Å². The van der Waals surface area contributed by atoms with Crippen molar-refractivity contribution in [1.82, 2.24) is 9.97 Å². The normalized spacial score (nSPS) is 11.2. The van der Waals surface area contributed by atoms with Gasteiger partial charge in [0.25, 0.3) is 0 Å². The average molecular weight is 256 g/mol. The molecule has 3 nitrogen and oxygen atoms in total. The molecule has 2 heterocycles. The zero-order valence-electron chi connectivity index (χ0n) is 9.33. The van der Waals surface area contributed by atoms with Crippen molar-refractivity contribution in [2.24, 2.45) is 5.92 Å². The topological polar surface area (TPSA) is 37.8 Å². The highest BCUT2D eigenvalue weighted by Gasteiger charge is 2.07. The second-order valence-corrected chi connectivity index (χ2v) is 5.32. The molecule has 16 heavy (non-hydrogen) atoms. The van der Waals surface area contributed by atoms with E-state index in [9.17, 15) is 0 Å². The molecule has 0 aliphatic carbocycles. The number of nitrogens with one attached hydrogen (secondary N) is 1. The summed E-state index contributed by atoms with van der Waals surface area (Å²) in [6, 6.07) is 2.02. The molecule has 1 N–H and O–H groups in total. The molecule has 0 amide bonds. The van der Waals surface area contributed by atoms with Crippen molar-refractivity contribution in [1.29, 1.82) is 0 Å². The minimum Gasteiger partial charge on any atom is -0.369 e. The van der Waals surface area contributed by atoms with Gasteiger partial charge in [-0.2, -0.15) is 0 Å². The Kier molecular flexibility index (Phi) is 3.61. The summed E-state index contributed by atoms with van der Waals surface area (Å²) in [6.07, 6.45) is 1.12. The fraction of sp³-hybridized carbons (Fsp3) is 0.455. The molecule has 0 unspecified atom stereocenters. The summed E-state index contributed by atoms with van der Waals surface area (Å²) >= 11 is 7.45. The minimum absolute atomic E-state index is 0.307. The highest BCUT2D eigenvalue weighted by atomic mass is 35.5. The molecule has 0 saturated heterocycles. The zero-order chi connectivity index (χ0) is 11.5. The number of hydrogen-bond acceptors (Lipinski definition) is 4. The van der Waals surface area contributed by atoms with E-state index in [1.54, 1.807) is 11.3 Å². The molecule has 2 rings (SSSR count). The molecule has 0 saturated carbocycles. The van der Waals surface area contributed by atoms with E-state index in [1.807, 2.05) is 11.4 Å². The quantitative estimate of drug-likeness (QED) is 0.845. The van der Waals surface area contributed by atoms with Gasteiger partial charge in [0.1, 0.15) is 10.6 Å². The number of fused-ring (bicyclic) bond motifs is 1. The van der Waals surface area contributed by atoms with E-state index in [0.717, 1.165) is 29.0 Å². The lowest BCUT2D eigenvalue weighted by Gasteiger charge is -2.08. The molecule has 0 fully saturated rings. The molecule has 0 bridgehead atoms. The molecule has 0 aromatic carbocycles. The Labute approximate surface area is 104 Å². The summed E-state index contributed by atoms with van der Waals surface area (Å²) in [4.78, 5) is 9.33. The predicted molar refractivity (Wildman–Crippen MR) is 70.4 cm³/mol. The maximum atomic E-state index is 5.87. The predicted octanol–water partition coefficient (Wildman–Crippen LogP) is 3.80. The Bertz CT molecular complexity index is 481. The van der Waals surface area contributed by atoms with Crippen LogP contribution in [0.25, 0.3) is 10.2 Å². The van der Waals surface area contributed by atoms with E-state index in [-0.39, 0.29) is 0 Å². The molecule has 2 aromatic rings. The van der Waals surface area contributed by atoms with Crippen LogP contribution in [0.2, 0.25) is 5.28 Å². The molecular weight excluding hydrogens is 242 g/mol. The van der Waals surface area contributed by atoms with E-state index in [1.165, 1.54) is 0 Å². The number of rotatable bonds is 4. The Hall–Kier alpha value is -0.870. The van der Waals surface area contributed by atoms with E-state index in [0.29, 0.717) is 11.2 Å². The lowest BCUT2D eigenvalue weighted by atomic mass is 10.1. The van der Waals surface area contributed by atoms with Gasteiger partial charge in [-0.3, -0.25) is 0 Å². The molecule has 0 aliphatic rings. The van der Waals surface area contributed by atoms with Crippen molar-refractivity contribution in [3.8, 4) is 0 Å². The van der Waals surface area contributed by atoms with Crippen molar-refractivity contribution < 1.29 is 0 Å². The van der Waals surface area contributed by atoms with Gasteiger partial charge in [0.15, 0.2) is 0 Å². The fourth-order valence-electron chi connectivity index (χ4n) is 1.44. The first-order valence-electron chi connectivity index (χ1n) is 5.31. The van der Waals surface area contributed by atoms with Gasteiger partial charge in [-0.1, -0.05) is 13.8 Å². The van der Waals surface area contributed by atoms with E-state index < -0.39 is 0 Å². The zero-order valence-corrected chi connectivity index (χ0v) is 10.9. The third-order valence-electron chi connectivity index (χ3n) is 2.31. The largest absolute Gasteiger partial charge is 0.369 e. The highest BCUT2D eigenvalue weighted by Crippen LogP contribution is 2.26. The maximum Gasteiger partial charge on any atom is 0.225 e. The monoisotopic (exact) mass is 255 g/mol. The summed E-state index contributed by atoms with van der Waals surface area (Å²) in [5.74, 6) is 1.53. The Morgan fingerprint density at radius 2 is 2.25 bits per heavy atom. The molecule has 0 spiro atoms. The highest BCUT2D eigenvalue weighted by molar-refractivity contribution is 7.16. The number of hydrogen-bond donors (Lipinski definition) is 1. The lowest BCUT2D eigenvalue weighted by Crippen LogP contribution is -2.06. The standard InChI is InChI=1S/C11H14ClN3S/c1-7(2)3-5-13-9-8-4-6-16-10(8)15-11(12)14-9/h4,6-7H,3,5H2,1-2H3,(H,13,14,15).